The number of rotatable bonds is 7. The molecule has 0 spiro atoms. The summed E-state index contributed by atoms with van der Waals surface area (Å²) in [6.45, 7) is 0. The molecule has 14 heteroatoms. The van der Waals surface area contributed by atoms with E-state index in [0.717, 1.165) is 47.2 Å². The van der Waals surface area contributed by atoms with Crippen molar-refractivity contribution in [3.63, 3.8) is 0 Å². The fourth-order valence-corrected chi connectivity index (χ4v) is 7.13. The number of fused-ring (bicyclic) bond motifs is 2. The molecule has 2 unspecified atom stereocenters. The summed E-state index contributed by atoms with van der Waals surface area (Å²) >= 11 is 0. The van der Waals surface area contributed by atoms with Crippen molar-refractivity contribution in [2.45, 2.75) is 55.0 Å². The minimum absolute atomic E-state index is 0.0121. The smallest absolute Gasteiger partial charge is 0.298 e. The van der Waals surface area contributed by atoms with Crippen LogP contribution < -0.4 is 0 Å². The SMILES string of the molecule is O=C(CCc1cc(-c2cnc(C(F)(F)F)nc2)ncc1F)C1[C@@H]2CC([C@H](F)C2)N1S(=O)(=O)c1ccc(F)cc1. The average molecular weight is 571 g/mol. The minimum atomic E-state index is -4.74. The predicted octanol–water partition coefficient (Wildman–Crippen LogP) is 4.53. The first-order valence-electron chi connectivity index (χ1n) is 11.9. The number of benzene rings is 1. The van der Waals surface area contributed by atoms with Gasteiger partial charge in [0.2, 0.25) is 15.8 Å². The van der Waals surface area contributed by atoms with Crippen LogP contribution in [0.1, 0.15) is 30.7 Å². The Labute approximate surface area is 219 Å². The van der Waals surface area contributed by atoms with Gasteiger partial charge in [-0.25, -0.2) is 31.6 Å². The number of carbonyl (C=O) groups is 1. The van der Waals surface area contributed by atoms with Crippen LogP contribution in [-0.2, 0) is 27.4 Å². The van der Waals surface area contributed by atoms with E-state index >= 15 is 0 Å². The number of hydrogen-bond acceptors (Lipinski definition) is 6. The molecular formula is C25H20F6N4O3S. The lowest BCUT2D eigenvalue weighted by Gasteiger charge is -2.35. The Hall–Kier alpha value is -3.39. The number of aryl methyl sites for hydroxylation is 1. The summed E-state index contributed by atoms with van der Waals surface area (Å²) in [5.41, 5.74) is 0.190. The third-order valence-corrected chi connectivity index (χ3v) is 8.95. The van der Waals surface area contributed by atoms with Gasteiger partial charge in [0.05, 0.1) is 28.9 Å². The highest BCUT2D eigenvalue weighted by atomic mass is 32.2. The van der Waals surface area contributed by atoms with Gasteiger partial charge in [-0.1, -0.05) is 0 Å². The normalized spacial score (nSPS) is 23.3. The first kappa shape index (κ1) is 27.2. The topological polar surface area (TPSA) is 93.1 Å². The van der Waals surface area contributed by atoms with Gasteiger partial charge in [0.15, 0.2) is 5.78 Å². The van der Waals surface area contributed by atoms with Crippen molar-refractivity contribution in [1.82, 2.24) is 19.3 Å². The summed E-state index contributed by atoms with van der Waals surface area (Å²) in [4.78, 5) is 23.4. The van der Waals surface area contributed by atoms with Crippen LogP contribution in [0.2, 0.25) is 0 Å². The van der Waals surface area contributed by atoms with E-state index in [-0.39, 0.29) is 47.4 Å². The lowest BCUT2D eigenvalue weighted by molar-refractivity contribution is -0.145. The van der Waals surface area contributed by atoms with E-state index in [4.69, 9.17) is 0 Å². The minimum Gasteiger partial charge on any atom is -0.298 e. The molecule has 0 radical (unpaired) electrons. The molecule has 2 bridgehead atoms. The fourth-order valence-electron chi connectivity index (χ4n) is 5.24. The van der Waals surface area contributed by atoms with Crippen molar-refractivity contribution in [1.29, 1.82) is 0 Å². The monoisotopic (exact) mass is 570 g/mol. The van der Waals surface area contributed by atoms with Gasteiger partial charge in [-0.05, 0) is 61.1 Å². The van der Waals surface area contributed by atoms with E-state index in [1.54, 1.807) is 0 Å². The van der Waals surface area contributed by atoms with E-state index in [2.05, 4.69) is 15.0 Å². The maximum Gasteiger partial charge on any atom is 0.451 e. The largest absolute Gasteiger partial charge is 0.451 e. The maximum absolute atomic E-state index is 14.6. The molecule has 5 rings (SSSR count). The zero-order chi connectivity index (χ0) is 28.1. The Kier molecular flexibility index (Phi) is 6.95. The van der Waals surface area contributed by atoms with Crippen LogP contribution in [0.5, 0.6) is 0 Å². The Bertz CT molecular complexity index is 1500. The van der Waals surface area contributed by atoms with E-state index in [1.807, 2.05) is 0 Å². The maximum atomic E-state index is 14.6. The number of alkyl halides is 4. The molecule has 3 aromatic rings. The van der Waals surface area contributed by atoms with E-state index in [9.17, 15) is 39.6 Å². The number of sulfonamides is 1. The average Bonchev–Trinajstić information content (AvgIpc) is 3.45. The van der Waals surface area contributed by atoms with Gasteiger partial charge in [0, 0.05) is 24.4 Å². The van der Waals surface area contributed by atoms with Gasteiger partial charge < -0.3 is 0 Å². The summed E-state index contributed by atoms with van der Waals surface area (Å²) in [5, 5.41) is 0. The molecule has 39 heavy (non-hydrogen) atoms. The van der Waals surface area contributed by atoms with Crippen molar-refractivity contribution in [2.24, 2.45) is 5.92 Å². The van der Waals surface area contributed by atoms with E-state index < -0.39 is 63.6 Å². The van der Waals surface area contributed by atoms with Crippen LogP contribution in [0, 0.1) is 17.6 Å². The second-order valence-corrected chi connectivity index (χ2v) is 11.3. The third kappa shape index (κ3) is 5.14. The van der Waals surface area contributed by atoms with Crippen LogP contribution in [0.4, 0.5) is 26.3 Å². The van der Waals surface area contributed by atoms with Crippen molar-refractivity contribution < 1.29 is 39.6 Å². The summed E-state index contributed by atoms with van der Waals surface area (Å²) in [7, 11) is -4.33. The number of pyridine rings is 1. The molecule has 0 N–H and O–H groups in total. The molecular weight excluding hydrogens is 550 g/mol. The van der Waals surface area contributed by atoms with E-state index in [1.165, 1.54) is 6.07 Å². The Morgan fingerprint density at radius 1 is 1.00 bits per heavy atom. The van der Waals surface area contributed by atoms with Crippen LogP contribution in [0.3, 0.4) is 0 Å². The molecule has 4 atom stereocenters. The number of Topliss-reactive ketones (excluding diaryl/α,β-unsaturated/α-hetero) is 1. The Balaban J connectivity index is 1.36. The highest BCUT2D eigenvalue weighted by molar-refractivity contribution is 7.89. The first-order valence-corrected chi connectivity index (χ1v) is 13.3. The Morgan fingerprint density at radius 3 is 2.31 bits per heavy atom. The van der Waals surface area contributed by atoms with Gasteiger partial charge in [-0.2, -0.15) is 17.5 Å². The number of nitrogens with zero attached hydrogens (tertiary/aromatic N) is 4. The molecule has 1 aliphatic carbocycles. The summed E-state index contributed by atoms with van der Waals surface area (Å²) in [5.74, 6) is -3.87. The second-order valence-electron chi connectivity index (χ2n) is 9.47. The number of carbonyl (C=O) groups excluding carboxylic acids is 1. The molecule has 3 heterocycles. The number of aromatic nitrogens is 3. The van der Waals surface area contributed by atoms with Gasteiger partial charge in [-0.3, -0.25) is 9.78 Å². The molecule has 1 saturated carbocycles. The van der Waals surface area contributed by atoms with Gasteiger partial charge in [-0.15, -0.1) is 0 Å². The summed E-state index contributed by atoms with van der Waals surface area (Å²) in [6.07, 6.45) is -3.84. The standard InChI is InChI=1S/C25H20F6N4O3S/c26-16-2-4-17(5-3-16)39(37,38)35-21-9-14(7-18(21)27)23(35)22(36)6-1-13-8-20(32-12-19(13)28)15-10-33-24(34-11-15)25(29,30)31/h2-5,8,10-12,14,18,21,23H,1,6-7,9H2/t14-,18+,21?,23?/m0/s1. The predicted molar refractivity (Wildman–Crippen MR) is 124 cm³/mol. The second kappa shape index (κ2) is 9.97. The van der Waals surface area contributed by atoms with Gasteiger partial charge in [0.25, 0.3) is 0 Å². The first-order chi connectivity index (χ1) is 18.4. The van der Waals surface area contributed by atoms with Crippen molar-refractivity contribution >= 4 is 15.8 Å². The molecule has 2 fully saturated rings. The highest BCUT2D eigenvalue weighted by Gasteiger charge is 2.58. The van der Waals surface area contributed by atoms with Gasteiger partial charge >= 0.3 is 6.18 Å². The molecule has 1 aliphatic heterocycles. The molecule has 0 amide bonds. The van der Waals surface area contributed by atoms with E-state index in [0.29, 0.717) is 0 Å². The quantitative estimate of drug-likeness (QED) is 0.388. The van der Waals surface area contributed by atoms with Crippen LogP contribution in [-0.4, -0.2) is 51.7 Å². The number of piperidine rings is 1. The highest BCUT2D eigenvalue weighted by Crippen LogP contribution is 2.47. The summed E-state index contributed by atoms with van der Waals surface area (Å²) in [6, 6.07) is 3.05. The van der Waals surface area contributed by atoms with Crippen molar-refractivity contribution in [3.8, 4) is 11.3 Å². The Morgan fingerprint density at radius 2 is 1.67 bits per heavy atom. The molecule has 1 aromatic carbocycles. The van der Waals surface area contributed by atoms with Crippen LogP contribution in [0.25, 0.3) is 11.3 Å². The molecule has 2 aromatic heterocycles. The van der Waals surface area contributed by atoms with Gasteiger partial charge in [0.1, 0.15) is 17.8 Å². The zero-order valence-electron chi connectivity index (χ0n) is 19.9. The fraction of sp³-hybridized carbons (Fsp3) is 0.360. The number of hydrogen-bond donors (Lipinski definition) is 0. The zero-order valence-corrected chi connectivity index (χ0v) is 20.8. The lowest BCUT2D eigenvalue weighted by Crippen LogP contribution is -2.52. The number of ketones is 1. The van der Waals surface area contributed by atoms with Crippen LogP contribution in [0.15, 0.2) is 53.8 Å². The van der Waals surface area contributed by atoms with Crippen molar-refractivity contribution in [2.75, 3.05) is 0 Å². The summed E-state index contributed by atoms with van der Waals surface area (Å²) < 4.78 is 108. The van der Waals surface area contributed by atoms with Crippen LogP contribution >= 0.6 is 0 Å². The molecule has 1 saturated heterocycles. The lowest BCUT2D eigenvalue weighted by atomic mass is 9.92. The molecule has 206 valence electrons. The number of halogens is 6. The molecule has 7 nitrogen and oxygen atoms in total. The third-order valence-electron chi connectivity index (χ3n) is 7.03. The van der Waals surface area contributed by atoms with Crippen molar-refractivity contribution in [3.05, 3.63) is 71.9 Å². The molecule has 2 aliphatic rings.